The summed E-state index contributed by atoms with van der Waals surface area (Å²) in [5, 5.41) is 0. The van der Waals surface area contributed by atoms with Crippen molar-refractivity contribution >= 4 is 12.6 Å². The molecule has 0 saturated carbocycles. The normalized spacial score (nSPS) is 8.15. The second kappa shape index (κ2) is 7.22. The number of carbonyl (C=O) groups excluding carboxylic acids is 2. The zero-order valence-corrected chi connectivity index (χ0v) is 7.99. The molecule has 0 bridgehead atoms. The Morgan fingerprint density at radius 1 is 1.31 bits per heavy atom. The first-order valence-electron chi connectivity index (χ1n) is 4.20. The van der Waals surface area contributed by atoms with Crippen LogP contribution in [0.3, 0.4) is 0 Å². The van der Waals surface area contributed by atoms with Crippen molar-refractivity contribution in [1.82, 2.24) is 0 Å². The Morgan fingerprint density at radius 2 is 1.92 bits per heavy atom. The average molecular weight is 178 g/mol. The second-order valence-corrected chi connectivity index (χ2v) is 2.61. The zero-order valence-electron chi connectivity index (χ0n) is 7.99. The summed E-state index contributed by atoms with van der Waals surface area (Å²) in [7, 11) is 0. The highest BCUT2D eigenvalue weighted by Crippen LogP contribution is 1.99. The van der Waals surface area contributed by atoms with Gasteiger partial charge in [-0.3, -0.25) is 4.79 Å². The number of benzene rings is 1. The molecule has 2 heteroatoms. The maximum absolute atomic E-state index is 10.2. The van der Waals surface area contributed by atoms with Crippen molar-refractivity contribution in [3.63, 3.8) is 0 Å². The topological polar surface area (TPSA) is 34.1 Å². The number of rotatable bonds is 2. The monoisotopic (exact) mass is 178 g/mol. The Bertz CT molecular complexity index is 267. The standard InChI is InChI=1S/C8H8O.C3H6O/c1-7-3-2-4-8(5-7)6-9;1-2-3-4/h2-6H,1H3;3H,2H2,1H3. The molecule has 0 fully saturated rings. The van der Waals surface area contributed by atoms with Gasteiger partial charge in [-0.2, -0.15) is 0 Å². The summed E-state index contributed by atoms with van der Waals surface area (Å²) < 4.78 is 0. The highest BCUT2D eigenvalue weighted by atomic mass is 16.1. The van der Waals surface area contributed by atoms with Crippen LogP contribution in [0.15, 0.2) is 24.3 Å². The molecule has 0 aliphatic heterocycles. The quantitative estimate of drug-likeness (QED) is 0.652. The summed E-state index contributed by atoms with van der Waals surface area (Å²) in [4.78, 5) is 19.3. The Balaban J connectivity index is 0.000000310. The number of hydrogen-bond donors (Lipinski definition) is 0. The molecule has 2 nitrogen and oxygen atoms in total. The fourth-order valence-corrected chi connectivity index (χ4v) is 0.743. The van der Waals surface area contributed by atoms with Crippen LogP contribution in [0.2, 0.25) is 0 Å². The van der Waals surface area contributed by atoms with E-state index >= 15 is 0 Å². The smallest absolute Gasteiger partial charge is 0.150 e. The highest BCUT2D eigenvalue weighted by Gasteiger charge is 1.86. The molecule has 0 aliphatic rings. The Hall–Kier alpha value is -1.44. The molecule has 0 radical (unpaired) electrons. The summed E-state index contributed by atoms with van der Waals surface area (Å²) in [6, 6.07) is 7.49. The van der Waals surface area contributed by atoms with Gasteiger partial charge in [0, 0.05) is 12.0 Å². The fourth-order valence-electron chi connectivity index (χ4n) is 0.743. The van der Waals surface area contributed by atoms with E-state index in [9.17, 15) is 9.59 Å². The molecule has 0 heterocycles. The van der Waals surface area contributed by atoms with E-state index < -0.39 is 0 Å². The van der Waals surface area contributed by atoms with Crippen LogP contribution in [0.5, 0.6) is 0 Å². The third-order valence-electron chi connectivity index (χ3n) is 1.34. The molecule has 0 amide bonds. The molecule has 0 atom stereocenters. The third kappa shape index (κ3) is 5.79. The van der Waals surface area contributed by atoms with Crippen LogP contribution in [0.25, 0.3) is 0 Å². The number of aryl methyl sites for hydroxylation is 1. The summed E-state index contributed by atoms with van der Waals surface area (Å²) in [5.41, 5.74) is 1.87. The van der Waals surface area contributed by atoms with Crippen LogP contribution in [0.1, 0.15) is 29.3 Å². The van der Waals surface area contributed by atoms with E-state index in [-0.39, 0.29) is 0 Å². The summed E-state index contributed by atoms with van der Waals surface area (Å²) in [5.74, 6) is 0. The van der Waals surface area contributed by atoms with E-state index in [1.165, 1.54) is 0 Å². The molecule has 1 aromatic rings. The van der Waals surface area contributed by atoms with Crippen molar-refractivity contribution in [2.45, 2.75) is 20.3 Å². The van der Waals surface area contributed by atoms with Gasteiger partial charge in [-0.25, -0.2) is 0 Å². The maximum atomic E-state index is 10.2. The zero-order chi connectivity index (χ0) is 10.1. The summed E-state index contributed by atoms with van der Waals surface area (Å²) >= 11 is 0. The largest absolute Gasteiger partial charge is 0.303 e. The van der Waals surface area contributed by atoms with Crippen LogP contribution in [-0.4, -0.2) is 12.6 Å². The number of hydrogen-bond acceptors (Lipinski definition) is 2. The molecule has 0 N–H and O–H groups in total. The van der Waals surface area contributed by atoms with Gasteiger partial charge < -0.3 is 4.79 Å². The minimum absolute atomic E-state index is 0.639. The molecule has 1 rings (SSSR count). The van der Waals surface area contributed by atoms with Crippen LogP contribution in [0, 0.1) is 6.92 Å². The van der Waals surface area contributed by atoms with Crippen LogP contribution >= 0.6 is 0 Å². The van der Waals surface area contributed by atoms with E-state index in [0.717, 1.165) is 23.7 Å². The molecule has 0 saturated heterocycles. The van der Waals surface area contributed by atoms with Gasteiger partial charge >= 0.3 is 0 Å². The fraction of sp³-hybridized carbons (Fsp3) is 0.273. The number of carbonyl (C=O) groups is 2. The molecular weight excluding hydrogens is 164 g/mol. The van der Waals surface area contributed by atoms with Gasteiger partial charge in [-0.15, -0.1) is 0 Å². The van der Waals surface area contributed by atoms with Gasteiger partial charge in [-0.1, -0.05) is 30.7 Å². The molecule has 70 valence electrons. The lowest BCUT2D eigenvalue weighted by molar-refractivity contribution is -0.107. The molecule has 0 aromatic heterocycles. The molecule has 0 aliphatic carbocycles. The van der Waals surface area contributed by atoms with Crippen LogP contribution < -0.4 is 0 Å². The predicted molar refractivity (Wildman–Crippen MR) is 52.9 cm³/mol. The van der Waals surface area contributed by atoms with Gasteiger partial charge in [0.05, 0.1) is 0 Å². The third-order valence-corrected chi connectivity index (χ3v) is 1.34. The highest BCUT2D eigenvalue weighted by molar-refractivity contribution is 5.74. The van der Waals surface area contributed by atoms with Gasteiger partial charge in [0.15, 0.2) is 0 Å². The van der Waals surface area contributed by atoms with Crippen LogP contribution in [-0.2, 0) is 4.79 Å². The van der Waals surface area contributed by atoms with Crippen molar-refractivity contribution in [3.8, 4) is 0 Å². The van der Waals surface area contributed by atoms with Crippen molar-refractivity contribution in [2.75, 3.05) is 0 Å². The Morgan fingerprint density at radius 3 is 2.23 bits per heavy atom. The predicted octanol–water partition coefficient (Wildman–Crippen LogP) is 2.40. The lowest BCUT2D eigenvalue weighted by Crippen LogP contribution is -1.78. The minimum Gasteiger partial charge on any atom is -0.303 e. The minimum atomic E-state index is 0.639. The first-order valence-corrected chi connectivity index (χ1v) is 4.20. The maximum Gasteiger partial charge on any atom is 0.150 e. The van der Waals surface area contributed by atoms with Gasteiger partial charge in [0.1, 0.15) is 12.6 Å². The van der Waals surface area contributed by atoms with E-state index in [0.29, 0.717) is 6.42 Å². The van der Waals surface area contributed by atoms with Gasteiger partial charge in [0.25, 0.3) is 0 Å². The van der Waals surface area contributed by atoms with Crippen LogP contribution in [0.4, 0.5) is 0 Å². The van der Waals surface area contributed by atoms with Crippen molar-refractivity contribution in [1.29, 1.82) is 0 Å². The van der Waals surface area contributed by atoms with Gasteiger partial charge in [-0.05, 0) is 13.0 Å². The van der Waals surface area contributed by atoms with E-state index in [2.05, 4.69) is 0 Å². The SMILES string of the molecule is CCC=O.Cc1cccc(C=O)c1. The van der Waals surface area contributed by atoms with E-state index in [1.807, 2.05) is 32.0 Å². The van der Waals surface area contributed by atoms with E-state index in [4.69, 9.17) is 0 Å². The van der Waals surface area contributed by atoms with Crippen molar-refractivity contribution in [3.05, 3.63) is 35.4 Å². The first kappa shape index (κ1) is 11.6. The lowest BCUT2D eigenvalue weighted by Gasteiger charge is -1.89. The first-order chi connectivity index (χ1) is 6.24. The molecule has 0 spiro atoms. The van der Waals surface area contributed by atoms with E-state index in [1.54, 1.807) is 6.07 Å². The number of aldehydes is 2. The summed E-state index contributed by atoms with van der Waals surface area (Å²) in [6.07, 6.45) is 2.37. The van der Waals surface area contributed by atoms with Gasteiger partial charge in [0.2, 0.25) is 0 Å². The van der Waals surface area contributed by atoms with Crippen molar-refractivity contribution < 1.29 is 9.59 Å². The Labute approximate surface area is 78.6 Å². The molecule has 13 heavy (non-hydrogen) atoms. The molecule has 0 unspecified atom stereocenters. The Kier molecular flexibility index (Phi) is 6.42. The molecule has 1 aromatic carbocycles. The lowest BCUT2D eigenvalue weighted by atomic mass is 10.2. The second-order valence-electron chi connectivity index (χ2n) is 2.61. The van der Waals surface area contributed by atoms with Crippen molar-refractivity contribution in [2.24, 2.45) is 0 Å². The summed E-state index contributed by atoms with van der Waals surface area (Å²) in [6.45, 7) is 3.78. The molecular formula is C11H14O2. The average Bonchev–Trinajstić information content (AvgIpc) is 2.18.